The Bertz CT molecular complexity index is 603. The Morgan fingerprint density at radius 2 is 2.05 bits per heavy atom. The van der Waals surface area contributed by atoms with E-state index in [9.17, 15) is 4.39 Å². The van der Waals surface area contributed by atoms with Crippen LogP contribution >= 0.6 is 22.9 Å². The molecule has 0 amide bonds. The number of piperazine rings is 1. The Morgan fingerprint density at radius 3 is 2.67 bits per heavy atom. The van der Waals surface area contributed by atoms with Crippen LogP contribution in [0.1, 0.15) is 11.3 Å². The molecule has 3 nitrogen and oxygen atoms in total. The van der Waals surface area contributed by atoms with Crippen LogP contribution in [-0.2, 0) is 6.54 Å². The number of benzene rings is 1. The number of hydrogen-bond donors (Lipinski definition) is 0. The molecule has 1 saturated heterocycles. The van der Waals surface area contributed by atoms with Crippen molar-refractivity contribution in [2.24, 2.45) is 0 Å². The van der Waals surface area contributed by atoms with Crippen LogP contribution in [-0.4, -0.2) is 36.1 Å². The smallest absolute Gasteiger partial charge is 0.185 e. The molecule has 2 aromatic rings. The molecule has 0 radical (unpaired) electrons. The van der Waals surface area contributed by atoms with E-state index in [4.69, 9.17) is 11.6 Å². The highest BCUT2D eigenvalue weighted by molar-refractivity contribution is 7.13. The molecule has 3 rings (SSSR count). The van der Waals surface area contributed by atoms with Crippen molar-refractivity contribution in [3.05, 3.63) is 45.7 Å². The number of hydrogen-bond acceptors (Lipinski definition) is 4. The second-order valence-corrected chi connectivity index (χ2v) is 6.48. The molecule has 0 atom stereocenters. The molecule has 1 aromatic carbocycles. The number of thiazole rings is 1. The van der Waals surface area contributed by atoms with Gasteiger partial charge in [-0.25, -0.2) is 9.37 Å². The summed E-state index contributed by atoms with van der Waals surface area (Å²) in [6.07, 6.45) is 0. The number of rotatable bonds is 3. The molecule has 0 unspecified atom stereocenters. The van der Waals surface area contributed by atoms with E-state index in [2.05, 4.69) is 20.2 Å². The zero-order valence-corrected chi connectivity index (χ0v) is 13.4. The summed E-state index contributed by atoms with van der Waals surface area (Å²) < 4.78 is 13.8. The first kappa shape index (κ1) is 14.8. The Balaban J connectivity index is 1.61. The molecule has 112 valence electrons. The SMILES string of the molecule is Cc1csc(N2CCN(Cc3c(F)cccc3Cl)CC2)n1. The summed E-state index contributed by atoms with van der Waals surface area (Å²) in [5, 5.41) is 3.66. The van der Waals surface area contributed by atoms with Crippen LogP contribution in [0.5, 0.6) is 0 Å². The highest BCUT2D eigenvalue weighted by Crippen LogP contribution is 2.24. The first-order valence-corrected chi connectivity index (χ1v) is 8.21. The number of nitrogens with zero attached hydrogens (tertiary/aromatic N) is 3. The predicted molar refractivity (Wildman–Crippen MR) is 85.8 cm³/mol. The maximum Gasteiger partial charge on any atom is 0.185 e. The van der Waals surface area contributed by atoms with E-state index < -0.39 is 0 Å². The van der Waals surface area contributed by atoms with Crippen LogP contribution in [0.15, 0.2) is 23.6 Å². The fraction of sp³-hybridized carbons (Fsp3) is 0.400. The molecule has 0 saturated carbocycles. The average Bonchev–Trinajstić information content (AvgIpc) is 2.90. The van der Waals surface area contributed by atoms with E-state index in [0.717, 1.165) is 37.0 Å². The molecule has 1 fully saturated rings. The predicted octanol–water partition coefficient (Wildman–Crippen LogP) is 3.57. The Morgan fingerprint density at radius 1 is 1.29 bits per heavy atom. The quantitative estimate of drug-likeness (QED) is 0.860. The largest absolute Gasteiger partial charge is 0.346 e. The summed E-state index contributed by atoms with van der Waals surface area (Å²) in [6.45, 7) is 6.19. The lowest BCUT2D eigenvalue weighted by molar-refractivity contribution is 0.246. The van der Waals surface area contributed by atoms with E-state index in [1.807, 2.05) is 6.92 Å². The molecular weight excluding hydrogens is 309 g/mol. The zero-order chi connectivity index (χ0) is 14.8. The van der Waals surface area contributed by atoms with Gasteiger partial charge < -0.3 is 4.90 Å². The molecule has 0 N–H and O–H groups in total. The molecule has 21 heavy (non-hydrogen) atoms. The fourth-order valence-electron chi connectivity index (χ4n) is 2.49. The van der Waals surface area contributed by atoms with E-state index >= 15 is 0 Å². The van der Waals surface area contributed by atoms with Crippen molar-refractivity contribution < 1.29 is 4.39 Å². The summed E-state index contributed by atoms with van der Waals surface area (Å²) in [4.78, 5) is 9.04. The van der Waals surface area contributed by atoms with Crippen molar-refractivity contribution in [2.75, 3.05) is 31.1 Å². The Kier molecular flexibility index (Phi) is 4.42. The molecule has 1 aliphatic heterocycles. The van der Waals surface area contributed by atoms with Crippen LogP contribution in [0.2, 0.25) is 5.02 Å². The van der Waals surface area contributed by atoms with Gasteiger partial charge in [-0.1, -0.05) is 17.7 Å². The minimum atomic E-state index is -0.222. The first-order valence-electron chi connectivity index (χ1n) is 6.96. The van der Waals surface area contributed by atoms with Gasteiger partial charge in [-0.15, -0.1) is 11.3 Å². The Hall–Kier alpha value is -1.17. The Labute approximate surface area is 133 Å². The first-order chi connectivity index (χ1) is 10.1. The van der Waals surface area contributed by atoms with Gasteiger partial charge in [0, 0.05) is 48.7 Å². The normalized spacial score (nSPS) is 16.4. The van der Waals surface area contributed by atoms with Gasteiger partial charge >= 0.3 is 0 Å². The highest BCUT2D eigenvalue weighted by Gasteiger charge is 2.20. The number of halogens is 2. The molecule has 6 heteroatoms. The maximum absolute atomic E-state index is 13.8. The van der Waals surface area contributed by atoms with Crippen LogP contribution < -0.4 is 4.90 Å². The molecule has 0 spiro atoms. The van der Waals surface area contributed by atoms with Crippen molar-refractivity contribution in [3.63, 3.8) is 0 Å². The third-order valence-electron chi connectivity index (χ3n) is 3.69. The summed E-state index contributed by atoms with van der Waals surface area (Å²) in [6, 6.07) is 4.86. The third-order valence-corrected chi connectivity index (χ3v) is 5.07. The van der Waals surface area contributed by atoms with Gasteiger partial charge in [0.2, 0.25) is 0 Å². The molecule has 0 bridgehead atoms. The van der Waals surface area contributed by atoms with Crippen molar-refractivity contribution in [3.8, 4) is 0 Å². The summed E-state index contributed by atoms with van der Waals surface area (Å²) >= 11 is 7.77. The van der Waals surface area contributed by atoms with E-state index in [0.29, 0.717) is 17.1 Å². The zero-order valence-electron chi connectivity index (χ0n) is 11.9. The summed E-state index contributed by atoms with van der Waals surface area (Å²) in [5.74, 6) is -0.222. The van der Waals surface area contributed by atoms with Crippen molar-refractivity contribution in [1.82, 2.24) is 9.88 Å². The maximum atomic E-state index is 13.8. The standard InChI is InChI=1S/C15H17ClFN3S/c1-11-10-21-15(18-11)20-7-5-19(6-8-20)9-12-13(16)3-2-4-14(12)17/h2-4,10H,5-9H2,1H3. The average molecular weight is 326 g/mol. The highest BCUT2D eigenvalue weighted by atomic mass is 35.5. The van der Waals surface area contributed by atoms with Crippen LogP contribution in [0, 0.1) is 12.7 Å². The molecule has 1 aromatic heterocycles. The third kappa shape index (κ3) is 3.36. The van der Waals surface area contributed by atoms with Gasteiger partial charge in [0.05, 0.1) is 5.69 Å². The van der Waals surface area contributed by atoms with Crippen molar-refractivity contribution in [1.29, 1.82) is 0 Å². The van der Waals surface area contributed by atoms with E-state index in [-0.39, 0.29) is 5.82 Å². The van der Waals surface area contributed by atoms with Gasteiger partial charge in [-0.05, 0) is 19.1 Å². The molecule has 1 aliphatic rings. The minimum Gasteiger partial charge on any atom is -0.346 e. The van der Waals surface area contributed by atoms with Crippen LogP contribution in [0.3, 0.4) is 0 Å². The van der Waals surface area contributed by atoms with Gasteiger partial charge in [0.15, 0.2) is 5.13 Å². The van der Waals surface area contributed by atoms with Gasteiger partial charge in [0.1, 0.15) is 5.82 Å². The van der Waals surface area contributed by atoms with Gasteiger partial charge in [-0.3, -0.25) is 4.90 Å². The topological polar surface area (TPSA) is 19.4 Å². The number of aromatic nitrogens is 1. The fourth-order valence-corrected chi connectivity index (χ4v) is 3.57. The lowest BCUT2D eigenvalue weighted by Gasteiger charge is -2.34. The lowest BCUT2D eigenvalue weighted by Crippen LogP contribution is -2.46. The van der Waals surface area contributed by atoms with Gasteiger partial charge in [-0.2, -0.15) is 0 Å². The summed E-state index contributed by atoms with van der Waals surface area (Å²) in [5.41, 5.74) is 1.66. The van der Waals surface area contributed by atoms with E-state index in [1.165, 1.54) is 6.07 Å². The molecule has 2 heterocycles. The summed E-state index contributed by atoms with van der Waals surface area (Å²) in [7, 11) is 0. The second-order valence-electron chi connectivity index (χ2n) is 5.23. The van der Waals surface area contributed by atoms with Crippen molar-refractivity contribution >= 4 is 28.1 Å². The second kappa shape index (κ2) is 6.30. The van der Waals surface area contributed by atoms with Crippen LogP contribution in [0.25, 0.3) is 0 Å². The van der Waals surface area contributed by atoms with E-state index in [1.54, 1.807) is 23.5 Å². The monoisotopic (exact) mass is 325 g/mol. The van der Waals surface area contributed by atoms with Crippen molar-refractivity contribution in [2.45, 2.75) is 13.5 Å². The number of aryl methyl sites for hydroxylation is 1. The molecular formula is C15H17ClFN3S. The molecule has 0 aliphatic carbocycles. The minimum absolute atomic E-state index is 0.222. The van der Waals surface area contributed by atoms with Crippen LogP contribution in [0.4, 0.5) is 9.52 Å². The number of anilines is 1. The van der Waals surface area contributed by atoms with Gasteiger partial charge in [0.25, 0.3) is 0 Å². The lowest BCUT2D eigenvalue weighted by atomic mass is 10.2.